The Morgan fingerprint density at radius 3 is 2.05 bits per heavy atom. The first-order valence-electron chi connectivity index (χ1n) is 6.47. The SMILES string of the molecule is Cc1ccc2c(c1)cc(C1CC1)[s+]2C(F)(F)F.F[B-](F)(F)F. The Hall–Kier alpha value is -1.25. The zero-order valence-corrected chi connectivity index (χ0v) is 12.2. The van der Waals surface area contributed by atoms with E-state index in [0.29, 0.717) is 9.58 Å². The average Bonchev–Trinajstić information content (AvgIpc) is 3.06. The van der Waals surface area contributed by atoms with Gasteiger partial charge in [0.25, 0.3) is 0 Å². The molecular weight excluding hydrogens is 332 g/mol. The van der Waals surface area contributed by atoms with Crippen molar-refractivity contribution in [2.24, 2.45) is 0 Å². The van der Waals surface area contributed by atoms with E-state index < -0.39 is 23.2 Å². The fourth-order valence-electron chi connectivity index (χ4n) is 2.22. The van der Waals surface area contributed by atoms with Gasteiger partial charge in [-0.25, -0.2) is 0 Å². The van der Waals surface area contributed by atoms with E-state index in [-0.39, 0.29) is 5.92 Å². The molecule has 2 aromatic rings. The molecule has 1 aliphatic carbocycles. The number of aryl methyl sites for hydroxylation is 1. The van der Waals surface area contributed by atoms with Gasteiger partial charge in [-0.1, -0.05) is 11.6 Å². The predicted octanol–water partition coefficient (Wildman–Crippen LogP) is 6.55. The van der Waals surface area contributed by atoms with Gasteiger partial charge < -0.3 is 17.3 Å². The lowest BCUT2D eigenvalue weighted by molar-refractivity contribution is -0.0867. The molecule has 1 aromatic heterocycles. The first-order chi connectivity index (χ1) is 9.97. The lowest BCUT2D eigenvalue weighted by Gasteiger charge is -1.98. The van der Waals surface area contributed by atoms with E-state index in [1.165, 1.54) is 0 Å². The van der Waals surface area contributed by atoms with Crippen molar-refractivity contribution in [3.8, 4) is 0 Å². The highest BCUT2D eigenvalue weighted by Gasteiger charge is 2.51. The molecule has 0 spiro atoms. The van der Waals surface area contributed by atoms with Crippen LogP contribution in [-0.4, -0.2) is 7.25 Å². The molecule has 1 heterocycles. The minimum Gasteiger partial charge on any atom is -0.418 e. The molecule has 9 heteroatoms. The third-order valence-electron chi connectivity index (χ3n) is 3.13. The van der Waals surface area contributed by atoms with E-state index >= 15 is 0 Å². The second-order valence-electron chi connectivity index (χ2n) is 5.11. The molecule has 0 nitrogen and oxygen atoms in total. The van der Waals surface area contributed by atoms with Gasteiger partial charge in [0.05, 0.1) is 10.5 Å². The number of alkyl halides is 3. The van der Waals surface area contributed by atoms with Crippen LogP contribution in [-0.2, 0) is 5.51 Å². The zero-order valence-electron chi connectivity index (χ0n) is 11.4. The second-order valence-corrected chi connectivity index (χ2v) is 7.10. The number of halogens is 7. The smallest absolute Gasteiger partial charge is 0.418 e. The van der Waals surface area contributed by atoms with E-state index in [2.05, 4.69) is 0 Å². The highest BCUT2D eigenvalue weighted by molar-refractivity contribution is 7.38. The van der Waals surface area contributed by atoms with Crippen molar-refractivity contribution in [2.75, 3.05) is 0 Å². The molecule has 0 amide bonds. The van der Waals surface area contributed by atoms with Crippen LogP contribution in [0, 0.1) is 6.92 Å². The maximum Gasteiger partial charge on any atom is 0.673 e. The first kappa shape index (κ1) is 17.1. The van der Waals surface area contributed by atoms with Gasteiger partial charge in [-0.3, -0.25) is 0 Å². The summed E-state index contributed by atoms with van der Waals surface area (Å²) in [5, 5.41) is 0.771. The van der Waals surface area contributed by atoms with Crippen LogP contribution in [0.1, 0.15) is 29.2 Å². The van der Waals surface area contributed by atoms with Crippen LogP contribution in [0.5, 0.6) is 0 Å². The number of thiophene rings is 1. The third kappa shape index (κ3) is 4.38. The summed E-state index contributed by atoms with van der Waals surface area (Å²) in [6.45, 7) is 1.91. The monoisotopic (exact) mass is 344 g/mol. The largest absolute Gasteiger partial charge is 0.673 e. The quantitative estimate of drug-likeness (QED) is 0.313. The molecular formula is C13H12BF7S. The second kappa shape index (κ2) is 5.75. The molecule has 1 aromatic carbocycles. The molecule has 0 N–H and O–H groups in total. The predicted molar refractivity (Wildman–Crippen MR) is 74.6 cm³/mol. The number of hydrogen-bond donors (Lipinski definition) is 0. The molecule has 1 unspecified atom stereocenters. The Kier molecular flexibility index (Phi) is 4.48. The molecule has 0 radical (unpaired) electrons. The highest BCUT2D eigenvalue weighted by Crippen LogP contribution is 2.57. The summed E-state index contributed by atoms with van der Waals surface area (Å²) in [7, 11) is -7.67. The van der Waals surface area contributed by atoms with Gasteiger partial charge >= 0.3 is 12.8 Å². The van der Waals surface area contributed by atoms with Crippen LogP contribution in [0.3, 0.4) is 0 Å². The Bertz CT molecular complexity index is 661. The van der Waals surface area contributed by atoms with Crippen molar-refractivity contribution < 1.29 is 30.4 Å². The number of hydrogen-bond acceptors (Lipinski definition) is 0. The topological polar surface area (TPSA) is 0 Å². The fourth-order valence-corrected chi connectivity index (χ4v) is 4.36. The van der Waals surface area contributed by atoms with Gasteiger partial charge in [-0.05, 0) is 31.9 Å². The maximum absolute atomic E-state index is 13.1. The normalized spacial score (nSPS) is 16.5. The molecule has 1 atom stereocenters. The van der Waals surface area contributed by atoms with Gasteiger partial charge in [-0.2, -0.15) is 0 Å². The average molecular weight is 344 g/mol. The Morgan fingerprint density at radius 2 is 1.59 bits per heavy atom. The molecule has 1 aliphatic rings. The van der Waals surface area contributed by atoms with Crippen molar-refractivity contribution in [1.82, 2.24) is 0 Å². The van der Waals surface area contributed by atoms with Crippen molar-refractivity contribution in [3.05, 3.63) is 34.7 Å². The molecule has 1 fully saturated rings. The molecule has 0 bridgehead atoms. The molecule has 3 rings (SSSR count). The third-order valence-corrected chi connectivity index (χ3v) is 5.33. The lowest BCUT2D eigenvalue weighted by Crippen LogP contribution is -2.02. The van der Waals surface area contributed by atoms with E-state index in [9.17, 15) is 30.4 Å². The minimum absolute atomic E-state index is 0.174. The molecule has 1 saturated carbocycles. The van der Waals surface area contributed by atoms with E-state index in [1.807, 2.05) is 13.0 Å². The maximum atomic E-state index is 13.1. The summed E-state index contributed by atoms with van der Waals surface area (Å²) in [5.74, 6) is 0.174. The molecule has 0 saturated heterocycles. The summed E-state index contributed by atoms with van der Waals surface area (Å²) in [6.07, 6.45) is 1.83. The fraction of sp³-hybridized carbons (Fsp3) is 0.385. The number of rotatable bonds is 1. The van der Waals surface area contributed by atoms with Crippen molar-refractivity contribution in [1.29, 1.82) is 0 Å². The van der Waals surface area contributed by atoms with Crippen molar-refractivity contribution in [2.45, 2.75) is 31.2 Å². The van der Waals surface area contributed by atoms with Gasteiger partial charge in [0, 0.05) is 17.4 Å². The summed E-state index contributed by atoms with van der Waals surface area (Å²) in [5.41, 5.74) is -3.11. The van der Waals surface area contributed by atoms with E-state index in [0.717, 1.165) is 23.8 Å². The van der Waals surface area contributed by atoms with Crippen LogP contribution < -0.4 is 0 Å². The molecule has 122 valence electrons. The van der Waals surface area contributed by atoms with Gasteiger partial charge in [0.15, 0.2) is 9.58 Å². The van der Waals surface area contributed by atoms with Gasteiger partial charge in [0.1, 0.15) is 0 Å². The van der Waals surface area contributed by atoms with Gasteiger partial charge in [-0.15, -0.1) is 13.2 Å². The van der Waals surface area contributed by atoms with E-state index in [4.69, 9.17) is 0 Å². The standard InChI is InChI=1S/C13H12F3S.BF4/c1-8-2-5-11-10(6-8)7-12(9-3-4-9)17(11)13(14,15)16;2-1(3,4)5/h2,5-7,9H,3-4H2,1H3;/q+1;-1. The Balaban J connectivity index is 0.000000309. The summed E-state index contributed by atoms with van der Waals surface area (Å²) < 4.78 is 78.9. The highest BCUT2D eigenvalue weighted by atomic mass is 32.2. The first-order valence-corrected chi connectivity index (χ1v) is 7.70. The Morgan fingerprint density at radius 1 is 1.05 bits per heavy atom. The number of benzene rings is 1. The molecule has 0 aliphatic heterocycles. The van der Waals surface area contributed by atoms with Crippen LogP contribution in [0.15, 0.2) is 24.3 Å². The van der Waals surface area contributed by atoms with E-state index in [1.54, 1.807) is 18.2 Å². The summed E-state index contributed by atoms with van der Waals surface area (Å²) in [4.78, 5) is 0.609. The van der Waals surface area contributed by atoms with Crippen LogP contribution >= 0.6 is 10.5 Å². The molecule has 22 heavy (non-hydrogen) atoms. The summed E-state index contributed by atoms with van der Waals surface area (Å²) in [6, 6.07) is 7.05. The van der Waals surface area contributed by atoms with Crippen molar-refractivity contribution in [3.63, 3.8) is 0 Å². The van der Waals surface area contributed by atoms with Crippen LogP contribution in [0.4, 0.5) is 30.4 Å². The number of fused-ring (bicyclic) bond motifs is 1. The van der Waals surface area contributed by atoms with Crippen LogP contribution in [0.25, 0.3) is 10.1 Å². The zero-order chi connectivity index (χ0) is 16.7. The Labute approximate surface area is 125 Å². The van der Waals surface area contributed by atoms with Gasteiger partial charge in [0.2, 0.25) is 0 Å². The van der Waals surface area contributed by atoms with Crippen LogP contribution in [0.2, 0.25) is 0 Å². The summed E-state index contributed by atoms with van der Waals surface area (Å²) >= 11 is 0. The lowest BCUT2D eigenvalue weighted by atomic mass is 10.2. The minimum atomic E-state index is -6.00. The van der Waals surface area contributed by atoms with Crippen molar-refractivity contribution >= 4 is 27.8 Å².